The second-order valence-electron chi connectivity index (χ2n) is 4.28. The maximum absolute atomic E-state index is 12.9. The first-order valence-electron chi connectivity index (χ1n) is 5.71. The fourth-order valence-corrected chi connectivity index (χ4v) is 2.27. The lowest BCUT2D eigenvalue weighted by Gasteiger charge is -2.06. The van der Waals surface area contributed by atoms with E-state index in [1.807, 2.05) is 17.8 Å². The van der Waals surface area contributed by atoms with Crippen molar-refractivity contribution in [2.75, 3.05) is 18.1 Å². The Labute approximate surface area is 102 Å². The molecule has 3 heteroatoms. The summed E-state index contributed by atoms with van der Waals surface area (Å²) in [5.41, 5.74) is 1.01. The molecule has 0 aromatic heterocycles. The van der Waals surface area contributed by atoms with E-state index in [1.165, 1.54) is 11.8 Å². The first-order valence-corrected chi connectivity index (χ1v) is 6.87. The molecule has 0 aliphatic rings. The zero-order valence-corrected chi connectivity index (χ0v) is 10.8. The molecule has 90 valence electrons. The maximum atomic E-state index is 12.9. The SMILES string of the molecule is CC(C)CSCCNCc1cccc(F)c1. The van der Waals surface area contributed by atoms with Gasteiger partial charge in [-0.15, -0.1) is 0 Å². The minimum Gasteiger partial charge on any atom is -0.312 e. The number of halogens is 1. The van der Waals surface area contributed by atoms with E-state index in [-0.39, 0.29) is 5.82 Å². The number of nitrogens with one attached hydrogen (secondary N) is 1. The van der Waals surface area contributed by atoms with Crippen LogP contribution in [0.3, 0.4) is 0 Å². The summed E-state index contributed by atoms with van der Waals surface area (Å²) in [5, 5.41) is 3.32. The van der Waals surface area contributed by atoms with Crippen LogP contribution < -0.4 is 5.32 Å². The van der Waals surface area contributed by atoms with Gasteiger partial charge in [0.25, 0.3) is 0 Å². The third-order valence-corrected chi connectivity index (χ3v) is 3.49. The maximum Gasteiger partial charge on any atom is 0.123 e. The first kappa shape index (κ1) is 13.5. The molecule has 1 N–H and O–H groups in total. The Morgan fingerprint density at radius 2 is 2.19 bits per heavy atom. The molecule has 0 bridgehead atoms. The van der Waals surface area contributed by atoms with Crippen LogP contribution in [0.1, 0.15) is 19.4 Å². The predicted molar refractivity (Wildman–Crippen MR) is 70.3 cm³/mol. The molecule has 0 aliphatic heterocycles. The van der Waals surface area contributed by atoms with Crippen LogP contribution in [0.15, 0.2) is 24.3 Å². The van der Waals surface area contributed by atoms with Crippen molar-refractivity contribution in [2.24, 2.45) is 5.92 Å². The number of benzene rings is 1. The molecule has 0 spiro atoms. The molecule has 0 atom stereocenters. The normalized spacial score (nSPS) is 11.0. The van der Waals surface area contributed by atoms with Gasteiger partial charge in [0.1, 0.15) is 5.82 Å². The minimum atomic E-state index is -0.159. The largest absolute Gasteiger partial charge is 0.312 e. The average Bonchev–Trinajstić information content (AvgIpc) is 2.23. The predicted octanol–water partition coefficient (Wildman–Crippen LogP) is 3.30. The van der Waals surface area contributed by atoms with Gasteiger partial charge in [-0.25, -0.2) is 4.39 Å². The monoisotopic (exact) mass is 241 g/mol. The highest BCUT2D eigenvalue weighted by molar-refractivity contribution is 7.99. The van der Waals surface area contributed by atoms with Crippen LogP contribution >= 0.6 is 11.8 Å². The Morgan fingerprint density at radius 1 is 1.38 bits per heavy atom. The molecule has 0 heterocycles. The van der Waals surface area contributed by atoms with Crippen LogP contribution in [-0.2, 0) is 6.54 Å². The molecule has 0 aliphatic carbocycles. The molecule has 0 radical (unpaired) electrons. The highest BCUT2D eigenvalue weighted by Gasteiger charge is 1.96. The molecule has 0 saturated heterocycles. The summed E-state index contributed by atoms with van der Waals surface area (Å²) < 4.78 is 12.9. The van der Waals surface area contributed by atoms with Crippen LogP contribution in [0, 0.1) is 11.7 Å². The van der Waals surface area contributed by atoms with Crippen LogP contribution in [0.5, 0.6) is 0 Å². The van der Waals surface area contributed by atoms with Crippen molar-refractivity contribution in [3.05, 3.63) is 35.6 Å². The van der Waals surface area contributed by atoms with Crippen molar-refractivity contribution in [1.29, 1.82) is 0 Å². The van der Waals surface area contributed by atoms with Crippen LogP contribution in [-0.4, -0.2) is 18.1 Å². The van der Waals surface area contributed by atoms with Gasteiger partial charge in [-0.05, 0) is 29.4 Å². The molecule has 0 fully saturated rings. The van der Waals surface area contributed by atoms with E-state index >= 15 is 0 Å². The topological polar surface area (TPSA) is 12.0 Å². The minimum absolute atomic E-state index is 0.159. The Bertz CT molecular complexity index is 302. The van der Waals surface area contributed by atoms with Gasteiger partial charge in [0.05, 0.1) is 0 Å². The summed E-state index contributed by atoms with van der Waals surface area (Å²) in [6, 6.07) is 6.74. The highest BCUT2D eigenvalue weighted by Crippen LogP contribution is 2.06. The summed E-state index contributed by atoms with van der Waals surface area (Å²) in [7, 11) is 0. The number of hydrogen-bond donors (Lipinski definition) is 1. The third-order valence-electron chi connectivity index (χ3n) is 2.09. The zero-order chi connectivity index (χ0) is 11.8. The summed E-state index contributed by atoms with van der Waals surface area (Å²) in [5.74, 6) is 2.93. The second-order valence-corrected chi connectivity index (χ2v) is 5.43. The van der Waals surface area contributed by atoms with Gasteiger partial charge in [0, 0.05) is 18.8 Å². The Kier molecular flexibility index (Phi) is 6.50. The Morgan fingerprint density at radius 3 is 2.88 bits per heavy atom. The molecule has 1 rings (SSSR count). The molecule has 0 unspecified atom stereocenters. The van der Waals surface area contributed by atoms with Crippen molar-refractivity contribution in [1.82, 2.24) is 5.32 Å². The summed E-state index contributed by atoms with van der Waals surface area (Å²) in [6.45, 7) is 6.19. The Balaban J connectivity index is 2.07. The van der Waals surface area contributed by atoms with E-state index in [9.17, 15) is 4.39 Å². The highest BCUT2D eigenvalue weighted by atomic mass is 32.2. The van der Waals surface area contributed by atoms with Crippen molar-refractivity contribution in [3.63, 3.8) is 0 Å². The van der Waals surface area contributed by atoms with Crippen molar-refractivity contribution < 1.29 is 4.39 Å². The van der Waals surface area contributed by atoms with Gasteiger partial charge in [0.15, 0.2) is 0 Å². The first-order chi connectivity index (χ1) is 7.68. The van der Waals surface area contributed by atoms with E-state index < -0.39 is 0 Å². The lowest BCUT2D eigenvalue weighted by molar-refractivity contribution is 0.622. The summed E-state index contributed by atoms with van der Waals surface area (Å²) in [6.07, 6.45) is 0. The smallest absolute Gasteiger partial charge is 0.123 e. The fraction of sp³-hybridized carbons (Fsp3) is 0.538. The number of thioether (sulfide) groups is 1. The molecule has 1 nitrogen and oxygen atoms in total. The van der Waals surface area contributed by atoms with Gasteiger partial charge in [-0.1, -0.05) is 26.0 Å². The van der Waals surface area contributed by atoms with Gasteiger partial charge in [0.2, 0.25) is 0 Å². The molecular formula is C13H20FNS. The van der Waals surface area contributed by atoms with Crippen molar-refractivity contribution in [3.8, 4) is 0 Å². The molecule has 1 aromatic rings. The van der Waals surface area contributed by atoms with E-state index in [2.05, 4.69) is 19.2 Å². The number of rotatable bonds is 7. The van der Waals surface area contributed by atoms with E-state index in [0.717, 1.165) is 30.3 Å². The second kappa shape index (κ2) is 7.69. The Hall–Kier alpha value is -0.540. The molecule has 0 amide bonds. The van der Waals surface area contributed by atoms with Gasteiger partial charge < -0.3 is 5.32 Å². The standard InChI is InChI=1S/C13H20FNS/c1-11(2)10-16-7-6-15-9-12-4-3-5-13(14)8-12/h3-5,8,11,15H,6-7,9-10H2,1-2H3. The molecule has 0 saturated carbocycles. The van der Waals surface area contributed by atoms with Gasteiger partial charge in [-0.3, -0.25) is 0 Å². The zero-order valence-electron chi connectivity index (χ0n) is 10.0. The lowest BCUT2D eigenvalue weighted by Crippen LogP contribution is -2.17. The quantitative estimate of drug-likeness (QED) is 0.735. The number of hydrogen-bond acceptors (Lipinski definition) is 2. The van der Waals surface area contributed by atoms with Gasteiger partial charge in [-0.2, -0.15) is 11.8 Å². The molecular weight excluding hydrogens is 221 g/mol. The van der Waals surface area contributed by atoms with Gasteiger partial charge >= 0.3 is 0 Å². The summed E-state index contributed by atoms with van der Waals surface area (Å²) >= 11 is 1.96. The van der Waals surface area contributed by atoms with Crippen molar-refractivity contribution in [2.45, 2.75) is 20.4 Å². The van der Waals surface area contributed by atoms with E-state index in [0.29, 0.717) is 0 Å². The lowest BCUT2D eigenvalue weighted by atomic mass is 10.2. The van der Waals surface area contributed by atoms with Crippen LogP contribution in [0.2, 0.25) is 0 Å². The molecule has 1 aromatic carbocycles. The molecule has 16 heavy (non-hydrogen) atoms. The van der Waals surface area contributed by atoms with E-state index in [4.69, 9.17) is 0 Å². The van der Waals surface area contributed by atoms with Crippen LogP contribution in [0.25, 0.3) is 0 Å². The van der Waals surface area contributed by atoms with Crippen molar-refractivity contribution >= 4 is 11.8 Å². The average molecular weight is 241 g/mol. The van der Waals surface area contributed by atoms with E-state index in [1.54, 1.807) is 12.1 Å². The summed E-state index contributed by atoms with van der Waals surface area (Å²) in [4.78, 5) is 0. The third kappa shape index (κ3) is 6.13. The van der Waals surface area contributed by atoms with Crippen LogP contribution in [0.4, 0.5) is 4.39 Å². The fourth-order valence-electron chi connectivity index (χ4n) is 1.34.